The molecular weight excluding hydrogens is 338 g/mol. The number of hydrogen-bond donors (Lipinski definition) is 1. The number of aryl methyl sites for hydroxylation is 1. The third-order valence-corrected chi connectivity index (χ3v) is 5.05. The molecule has 0 atom stereocenters. The van der Waals surface area contributed by atoms with Gasteiger partial charge in [-0.1, -0.05) is 12.1 Å². The maximum atomic E-state index is 11.7. The molecule has 0 unspecified atom stereocenters. The standard InChI is InChI=1S/C18H17N3O3S/c1-3-21-17-10-13(24-2)7-8-15(17)16(11-19)18(21)12-5-4-6-14(9-12)25(20,22)23/h4-10H,3H2,1-2H3,(H2,20,22,23). The highest BCUT2D eigenvalue weighted by Crippen LogP contribution is 2.35. The molecule has 2 aromatic carbocycles. The molecular formula is C18H17N3O3S. The normalized spacial score (nSPS) is 11.4. The van der Waals surface area contributed by atoms with Crippen molar-refractivity contribution in [1.82, 2.24) is 4.57 Å². The van der Waals surface area contributed by atoms with E-state index < -0.39 is 10.0 Å². The Morgan fingerprint density at radius 1 is 1.24 bits per heavy atom. The van der Waals surface area contributed by atoms with Crippen molar-refractivity contribution in [3.63, 3.8) is 0 Å². The minimum atomic E-state index is -3.83. The first-order valence-corrected chi connectivity index (χ1v) is 9.19. The fourth-order valence-corrected chi connectivity index (χ4v) is 3.58. The van der Waals surface area contributed by atoms with Crippen molar-refractivity contribution in [1.29, 1.82) is 5.26 Å². The van der Waals surface area contributed by atoms with Gasteiger partial charge in [-0.05, 0) is 31.2 Å². The SMILES string of the molecule is CCn1c(-c2cccc(S(N)(=O)=O)c2)c(C#N)c2ccc(OC)cc21. The fraction of sp³-hybridized carbons (Fsp3) is 0.167. The first-order valence-electron chi connectivity index (χ1n) is 7.64. The van der Waals surface area contributed by atoms with Gasteiger partial charge >= 0.3 is 0 Å². The van der Waals surface area contributed by atoms with Gasteiger partial charge in [0, 0.05) is 23.6 Å². The maximum absolute atomic E-state index is 11.7. The largest absolute Gasteiger partial charge is 0.497 e. The number of nitrogens with two attached hydrogens (primary N) is 1. The minimum absolute atomic E-state index is 0.0133. The van der Waals surface area contributed by atoms with Crippen LogP contribution in [-0.2, 0) is 16.6 Å². The number of ether oxygens (including phenoxy) is 1. The average molecular weight is 355 g/mol. The lowest BCUT2D eigenvalue weighted by Gasteiger charge is -2.10. The molecule has 0 amide bonds. The van der Waals surface area contributed by atoms with Crippen LogP contribution in [0.3, 0.4) is 0 Å². The van der Waals surface area contributed by atoms with Crippen LogP contribution in [0.15, 0.2) is 47.4 Å². The zero-order chi connectivity index (χ0) is 18.2. The highest BCUT2D eigenvalue weighted by atomic mass is 32.2. The molecule has 0 bridgehead atoms. The van der Waals surface area contributed by atoms with E-state index in [1.165, 1.54) is 12.1 Å². The first kappa shape index (κ1) is 17.0. The van der Waals surface area contributed by atoms with Crippen LogP contribution in [0.1, 0.15) is 12.5 Å². The van der Waals surface area contributed by atoms with Crippen LogP contribution in [0.5, 0.6) is 5.75 Å². The summed E-state index contributed by atoms with van der Waals surface area (Å²) in [7, 11) is -2.24. The molecule has 1 heterocycles. The predicted molar refractivity (Wildman–Crippen MR) is 95.7 cm³/mol. The van der Waals surface area contributed by atoms with Crippen molar-refractivity contribution in [3.05, 3.63) is 48.0 Å². The summed E-state index contributed by atoms with van der Waals surface area (Å²) in [4.78, 5) is 0.0133. The van der Waals surface area contributed by atoms with Crippen LogP contribution in [0.2, 0.25) is 0 Å². The number of sulfonamides is 1. The molecule has 3 rings (SSSR count). The van der Waals surface area contributed by atoms with E-state index in [0.717, 1.165) is 10.9 Å². The summed E-state index contributed by atoms with van der Waals surface area (Å²) in [6.45, 7) is 2.58. The van der Waals surface area contributed by atoms with Crippen molar-refractivity contribution in [3.8, 4) is 23.1 Å². The molecule has 128 valence electrons. The Hall–Kier alpha value is -2.82. The van der Waals surface area contributed by atoms with E-state index in [-0.39, 0.29) is 4.90 Å². The van der Waals surface area contributed by atoms with Crippen molar-refractivity contribution >= 4 is 20.9 Å². The van der Waals surface area contributed by atoms with Gasteiger partial charge in [-0.3, -0.25) is 0 Å². The van der Waals surface area contributed by atoms with Gasteiger partial charge in [0.25, 0.3) is 0 Å². The number of primary sulfonamides is 1. The third kappa shape index (κ3) is 2.86. The average Bonchev–Trinajstić information content (AvgIpc) is 2.93. The van der Waals surface area contributed by atoms with Gasteiger partial charge in [0.1, 0.15) is 11.8 Å². The van der Waals surface area contributed by atoms with Gasteiger partial charge in [0.05, 0.1) is 28.8 Å². The summed E-state index contributed by atoms with van der Waals surface area (Å²) in [6, 6.07) is 14.1. The Morgan fingerprint density at radius 2 is 2.00 bits per heavy atom. The molecule has 3 aromatic rings. The van der Waals surface area contributed by atoms with Crippen LogP contribution in [0, 0.1) is 11.3 Å². The number of fused-ring (bicyclic) bond motifs is 1. The van der Waals surface area contributed by atoms with Crippen LogP contribution < -0.4 is 9.88 Å². The smallest absolute Gasteiger partial charge is 0.238 e. The fourth-order valence-electron chi connectivity index (χ4n) is 3.02. The van der Waals surface area contributed by atoms with Crippen molar-refractivity contribution in [2.24, 2.45) is 5.14 Å². The van der Waals surface area contributed by atoms with E-state index in [1.807, 2.05) is 23.6 Å². The monoisotopic (exact) mass is 355 g/mol. The second kappa shape index (κ2) is 6.24. The molecule has 1 aromatic heterocycles. The lowest BCUT2D eigenvalue weighted by molar-refractivity contribution is 0.415. The van der Waals surface area contributed by atoms with Crippen LogP contribution >= 0.6 is 0 Å². The summed E-state index contributed by atoms with van der Waals surface area (Å²) < 4.78 is 30.6. The van der Waals surface area contributed by atoms with Gasteiger partial charge in [0.15, 0.2) is 0 Å². The molecule has 0 aliphatic heterocycles. The quantitative estimate of drug-likeness (QED) is 0.778. The van der Waals surface area contributed by atoms with E-state index in [1.54, 1.807) is 25.3 Å². The molecule has 0 saturated carbocycles. The number of methoxy groups -OCH3 is 1. The maximum Gasteiger partial charge on any atom is 0.238 e. The molecule has 0 saturated heterocycles. The van der Waals surface area contributed by atoms with Gasteiger partial charge in [-0.15, -0.1) is 0 Å². The second-order valence-electron chi connectivity index (χ2n) is 5.54. The van der Waals surface area contributed by atoms with Gasteiger partial charge in [0.2, 0.25) is 10.0 Å². The lowest BCUT2D eigenvalue weighted by Crippen LogP contribution is -2.12. The van der Waals surface area contributed by atoms with Crippen LogP contribution in [0.25, 0.3) is 22.2 Å². The third-order valence-electron chi connectivity index (χ3n) is 4.14. The molecule has 0 spiro atoms. The highest BCUT2D eigenvalue weighted by Gasteiger charge is 2.19. The molecule has 0 radical (unpaired) electrons. The van der Waals surface area contributed by atoms with Gasteiger partial charge in [-0.25, -0.2) is 13.6 Å². The molecule has 25 heavy (non-hydrogen) atoms. The lowest BCUT2D eigenvalue weighted by atomic mass is 10.1. The summed E-state index contributed by atoms with van der Waals surface area (Å²) in [5.41, 5.74) is 2.64. The zero-order valence-corrected chi connectivity index (χ0v) is 14.7. The van der Waals surface area contributed by atoms with Crippen molar-refractivity contribution in [2.45, 2.75) is 18.4 Å². The van der Waals surface area contributed by atoms with E-state index in [0.29, 0.717) is 29.1 Å². The number of nitrogens with zero attached hydrogens (tertiary/aromatic N) is 2. The van der Waals surface area contributed by atoms with E-state index in [9.17, 15) is 13.7 Å². The Labute approximate surface area is 146 Å². The minimum Gasteiger partial charge on any atom is -0.497 e. The van der Waals surface area contributed by atoms with Gasteiger partial charge < -0.3 is 9.30 Å². The Bertz CT molecular complexity index is 1110. The molecule has 6 nitrogen and oxygen atoms in total. The highest BCUT2D eigenvalue weighted by molar-refractivity contribution is 7.89. The number of aromatic nitrogens is 1. The Kier molecular flexibility index (Phi) is 4.25. The summed E-state index contributed by atoms with van der Waals surface area (Å²) >= 11 is 0. The summed E-state index contributed by atoms with van der Waals surface area (Å²) in [5.74, 6) is 0.689. The van der Waals surface area contributed by atoms with Crippen molar-refractivity contribution in [2.75, 3.05) is 7.11 Å². The molecule has 2 N–H and O–H groups in total. The second-order valence-corrected chi connectivity index (χ2v) is 7.10. The Balaban J connectivity index is 2.38. The number of rotatable bonds is 4. The molecule has 0 aliphatic rings. The van der Waals surface area contributed by atoms with Crippen molar-refractivity contribution < 1.29 is 13.2 Å². The zero-order valence-electron chi connectivity index (χ0n) is 13.9. The van der Waals surface area contributed by atoms with E-state index in [2.05, 4.69) is 6.07 Å². The number of benzene rings is 2. The molecule has 0 fully saturated rings. The van der Waals surface area contributed by atoms with Crippen LogP contribution in [0.4, 0.5) is 0 Å². The topological polar surface area (TPSA) is 98.1 Å². The Morgan fingerprint density at radius 3 is 2.60 bits per heavy atom. The number of hydrogen-bond acceptors (Lipinski definition) is 4. The van der Waals surface area contributed by atoms with E-state index in [4.69, 9.17) is 9.88 Å². The van der Waals surface area contributed by atoms with Crippen LogP contribution in [-0.4, -0.2) is 20.1 Å². The van der Waals surface area contributed by atoms with Gasteiger partial charge in [-0.2, -0.15) is 5.26 Å². The molecule has 7 heteroatoms. The first-order chi connectivity index (χ1) is 11.9. The number of nitriles is 1. The predicted octanol–water partition coefficient (Wildman–Crippen LogP) is 2.86. The van der Waals surface area contributed by atoms with E-state index >= 15 is 0 Å². The molecule has 0 aliphatic carbocycles. The summed E-state index contributed by atoms with van der Waals surface area (Å²) in [6.07, 6.45) is 0. The summed E-state index contributed by atoms with van der Waals surface area (Å²) in [5, 5.41) is 15.7.